The minimum Gasteiger partial charge on any atom is -0.440 e. The monoisotopic (exact) mass is 416 g/mol. The van der Waals surface area contributed by atoms with Gasteiger partial charge in [-0.2, -0.15) is 0 Å². The topological polar surface area (TPSA) is 72.1 Å². The molecule has 31 heavy (non-hydrogen) atoms. The molecule has 5 rings (SSSR count). The van der Waals surface area contributed by atoms with Gasteiger partial charge < -0.3 is 9.32 Å². The molecule has 1 amide bonds. The van der Waals surface area contributed by atoms with Crippen LogP contribution < -0.4 is 0 Å². The van der Waals surface area contributed by atoms with Crippen molar-refractivity contribution in [1.82, 2.24) is 19.9 Å². The van der Waals surface area contributed by atoms with Crippen LogP contribution in [0.25, 0.3) is 22.5 Å². The van der Waals surface area contributed by atoms with Crippen molar-refractivity contribution >= 4 is 17.0 Å². The number of nitrogens with zero attached hydrogens (tertiary/aromatic N) is 4. The van der Waals surface area contributed by atoms with Gasteiger partial charge in [0.1, 0.15) is 11.3 Å². The zero-order valence-corrected chi connectivity index (χ0v) is 17.0. The highest BCUT2D eigenvalue weighted by molar-refractivity contribution is 6.00. The summed E-state index contributed by atoms with van der Waals surface area (Å²) in [5.74, 6) is 0.609. The fraction of sp³-hybridized carbons (Fsp3) is 0.250. The summed E-state index contributed by atoms with van der Waals surface area (Å²) in [5, 5.41) is 0. The van der Waals surface area contributed by atoms with Crippen molar-refractivity contribution in [3.05, 3.63) is 78.2 Å². The van der Waals surface area contributed by atoms with Gasteiger partial charge in [-0.1, -0.05) is 18.2 Å². The van der Waals surface area contributed by atoms with E-state index in [0.717, 1.165) is 12.8 Å². The van der Waals surface area contributed by atoms with Crippen LogP contribution in [0, 0.1) is 5.82 Å². The predicted octanol–water partition coefficient (Wildman–Crippen LogP) is 4.83. The Morgan fingerprint density at radius 2 is 1.90 bits per heavy atom. The quantitative estimate of drug-likeness (QED) is 0.478. The molecular formula is C24H21FN4O2. The molecule has 7 heteroatoms. The zero-order valence-electron chi connectivity index (χ0n) is 17.0. The van der Waals surface area contributed by atoms with Gasteiger partial charge in [-0.25, -0.2) is 19.3 Å². The highest BCUT2D eigenvalue weighted by Gasteiger charge is 2.33. The van der Waals surface area contributed by atoms with Crippen LogP contribution in [-0.2, 0) is 0 Å². The van der Waals surface area contributed by atoms with E-state index in [2.05, 4.69) is 21.9 Å². The lowest BCUT2D eigenvalue weighted by molar-refractivity contribution is 0.0598. The van der Waals surface area contributed by atoms with E-state index in [-0.39, 0.29) is 23.7 Å². The van der Waals surface area contributed by atoms with Crippen LogP contribution in [-0.4, -0.2) is 38.3 Å². The Balaban J connectivity index is 1.45. The molecule has 0 unspecified atom stereocenters. The second kappa shape index (κ2) is 7.91. The lowest BCUT2D eigenvalue weighted by Gasteiger charge is -2.37. The Morgan fingerprint density at radius 1 is 1.10 bits per heavy atom. The average molecular weight is 416 g/mol. The normalized spacial score (nSPS) is 19.0. The first-order valence-corrected chi connectivity index (χ1v) is 10.3. The van der Waals surface area contributed by atoms with Gasteiger partial charge in [0.15, 0.2) is 17.3 Å². The number of amides is 1. The van der Waals surface area contributed by atoms with Crippen molar-refractivity contribution in [1.29, 1.82) is 0 Å². The molecule has 6 nitrogen and oxygen atoms in total. The molecule has 1 saturated heterocycles. The minimum absolute atomic E-state index is 0.0456. The van der Waals surface area contributed by atoms with Crippen molar-refractivity contribution in [3.8, 4) is 11.4 Å². The third kappa shape index (κ3) is 3.67. The highest BCUT2D eigenvalue weighted by atomic mass is 19.1. The number of halogens is 1. The molecule has 1 aliphatic heterocycles. The lowest BCUT2D eigenvalue weighted by Crippen LogP contribution is -2.45. The number of carbonyl (C=O) groups excluding carboxylic acids is 1. The van der Waals surface area contributed by atoms with Crippen LogP contribution in [0.3, 0.4) is 0 Å². The number of piperidine rings is 1. The van der Waals surface area contributed by atoms with E-state index in [1.165, 1.54) is 12.1 Å². The van der Waals surface area contributed by atoms with E-state index in [1.807, 2.05) is 29.2 Å². The second-order valence-corrected chi connectivity index (χ2v) is 7.86. The van der Waals surface area contributed by atoms with E-state index < -0.39 is 0 Å². The van der Waals surface area contributed by atoms with Gasteiger partial charge >= 0.3 is 0 Å². The summed E-state index contributed by atoms with van der Waals surface area (Å²) in [5.41, 5.74) is 2.33. The van der Waals surface area contributed by atoms with Crippen LogP contribution in [0.1, 0.15) is 41.9 Å². The van der Waals surface area contributed by atoms with Crippen LogP contribution in [0.4, 0.5) is 4.39 Å². The van der Waals surface area contributed by atoms with Crippen molar-refractivity contribution < 1.29 is 13.6 Å². The molecular weight excluding hydrogens is 395 g/mol. The number of likely N-dealkylation sites (tertiary alicyclic amines) is 1. The van der Waals surface area contributed by atoms with Crippen LogP contribution in [0.5, 0.6) is 0 Å². The van der Waals surface area contributed by atoms with Gasteiger partial charge in [0.05, 0.1) is 11.5 Å². The van der Waals surface area contributed by atoms with Gasteiger partial charge in [-0.3, -0.25) is 4.79 Å². The maximum Gasteiger partial charge on any atom is 0.254 e. The highest BCUT2D eigenvalue weighted by Crippen LogP contribution is 2.33. The summed E-state index contributed by atoms with van der Waals surface area (Å²) in [7, 11) is 0. The Labute approximate surface area is 178 Å². The Kier molecular flexibility index (Phi) is 4.94. The SMILES string of the molecule is C[C@@H]1CC[C@@H](c2nc3cc(F)ccc3o2)CN1C(=O)c1ccccc1-c1ncccn1. The standard InChI is InChI=1S/C24H21FN4O2/c1-15-7-8-16(23-28-20-13-17(25)9-10-21(20)31-23)14-29(15)24(30)19-6-3-2-5-18(19)22-26-11-4-12-27-22/h2-6,9-13,15-16H,7-8,14H2,1H3/t15-,16-/m1/s1. The van der Waals surface area contributed by atoms with Crippen LogP contribution >= 0.6 is 0 Å². The van der Waals surface area contributed by atoms with E-state index >= 15 is 0 Å². The lowest BCUT2D eigenvalue weighted by atomic mass is 9.92. The molecule has 0 saturated carbocycles. The van der Waals surface area contributed by atoms with Crippen molar-refractivity contribution in [2.24, 2.45) is 0 Å². The summed E-state index contributed by atoms with van der Waals surface area (Å²) in [6.45, 7) is 2.54. The number of carbonyl (C=O) groups is 1. The van der Waals surface area contributed by atoms with Gasteiger partial charge in [0.25, 0.3) is 5.91 Å². The largest absolute Gasteiger partial charge is 0.440 e. The third-order valence-corrected chi connectivity index (χ3v) is 5.82. The molecule has 1 aliphatic rings. The van der Waals surface area contributed by atoms with Gasteiger partial charge in [0, 0.05) is 36.6 Å². The van der Waals surface area contributed by atoms with Gasteiger partial charge in [-0.05, 0) is 44.0 Å². The first kappa shape index (κ1) is 19.4. The van der Waals surface area contributed by atoms with E-state index in [1.54, 1.807) is 24.5 Å². The summed E-state index contributed by atoms with van der Waals surface area (Å²) in [6.07, 6.45) is 5.01. The number of hydrogen-bond acceptors (Lipinski definition) is 5. The second-order valence-electron chi connectivity index (χ2n) is 7.86. The molecule has 4 aromatic rings. The Bertz CT molecular complexity index is 1240. The van der Waals surface area contributed by atoms with Crippen LogP contribution in [0.2, 0.25) is 0 Å². The van der Waals surface area contributed by atoms with Crippen molar-refractivity contribution in [2.45, 2.75) is 31.7 Å². The van der Waals surface area contributed by atoms with E-state index in [9.17, 15) is 9.18 Å². The molecule has 0 aliphatic carbocycles. The number of rotatable bonds is 3. The number of hydrogen-bond donors (Lipinski definition) is 0. The molecule has 3 heterocycles. The molecule has 1 fully saturated rings. The zero-order chi connectivity index (χ0) is 21.4. The van der Waals surface area contributed by atoms with Gasteiger partial charge in [0.2, 0.25) is 0 Å². The fourth-order valence-electron chi connectivity index (χ4n) is 4.14. The third-order valence-electron chi connectivity index (χ3n) is 5.82. The Morgan fingerprint density at radius 3 is 2.74 bits per heavy atom. The number of oxazole rings is 1. The van der Waals surface area contributed by atoms with Gasteiger partial charge in [-0.15, -0.1) is 0 Å². The van der Waals surface area contributed by atoms with E-state index in [4.69, 9.17) is 4.42 Å². The molecule has 0 radical (unpaired) electrons. The number of benzene rings is 2. The molecule has 2 atom stereocenters. The van der Waals surface area contributed by atoms with E-state index in [0.29, 0.717) is 40.5 Å². The average Bonchev–Trinajstić information content (AvgIpc) is 3.23. The predicted molar refractivity (Wildman–Crippen MR) is 114 cm³/mol. The maximum absolute atomic E-state index is 13.6. The minimum atomic E-state index is -0.346. The van der Waals surface area contributed by atoms with Crippen LogP contribution in [0.15, 0.2) is 65.3 Å². The fourth-order valence-corrected chi connectivity index (χ4v) is 4.14. The molecule has 2 aromatic heterocycles. The smallest absolute Gasteiger partial charge is 0.254 e. The summed E-state index contributed by atoms with van der Waals surface area (Å²) < 4.78 is 19.4. The molecule has 0 spiro atoms. The van der Waals surface area contributed by atoms with Crippen molar-refractivity contribution in [2.75, 3.05) is 6.54 Å². The first-order valence-electron chi connectivity index (χ1n) is 10.3. The number of fused-ring (bicyclic) bond motifs is 1. The molecule has 156 valence electrons. The summed E-state index contributed by atoms with van der Waals surface area (Å²) in [6, 6.07) is 13.5. The molecule has 0 bridgehead atoms. The molecule has 2 aromatic carbocycles. The van der Waals surface area contributed by atoms with Crippen molar-refractivity contribution in [3.63, 3.8) is 0 Å². The summed E-state index contributed by atoms with van der Waals surface area (Å²) in [4.78, 5) is 28.5. The first-order chi connectivity index (χ1) is 15.1. The maximum atomic E-state index is 13.6. The molecule has 0 N–H and O–H groups in total. The summed E-state index contributed by atoms with van der Waals surface area (Å²) >= 11 is 0. The number of aromatic nitrogens is 3. The Hall–Kier alpha value is -3.61.